The smallest absolute Gasteiger partial charge is 0.135 e. The lowest BCUT2D eigenvalue weighted by Crippen LogP contribution is -2.11. The van der Waals surface area contributed by atoms with Gasteiger partial charge in [-0.25, -0.2) is 0 Å². The van der Waals surface area contributed by atoms with Crippen LogP contribution in [0.2, 0.25) is 0 Å². The maximum atomic E-state index is 10.0. The topological polar surface area (TPSA) is 59.4 Å². The summed E-state index contributed by atoms with van der Waals surface area (Å²) in [5, 5.41) is 7.25. The molecular formula is C9H11NO2S3. The van der Waals surface area contributed by atoms with Gasteiger partial charge in [0.15, 0.2) is 0 Å². The monoisotopic (exact) mass is 261 g/mol. The Hall–Kier alpha value is -0.270. The van der Waals surface area contributed by atoms with E-state index in [1.54, 1.807) is 12.3 Å². The SMILES string of the molecule is NS(O)(CSS)c1ccc2ccoc2c1. The van der Waals surface area contributed by atoms with Crippen molar-refractivity contribution in [3.05, 3.63) is 30.5 Å². The summed E-state index contributed by atoms with van der Waals surface area (Å²) in [6.45, 7) is 0. The molecule has 1 unspecified atom stereocenters. The average Bonchev–Trinajstić information content (AvgIpc) is 2.63. The molecule has 0 aliphatic carbocycles. The molecule has 0 spiro atoms. The number of rotatable bonds is 3. The normalized spacial score (nSPS) is 17.5. The molecular weight excluding hydrogens is 250 g/mol. The molecule has 1 heterocycles. The third-order valence-corrected chi connectivity index (χ3v) is 5.95. The van der Waals surface area contributed by atoms with Crippen molar-refractivity contribution in [2.75, 3.05) is 5.08 Å². The lowest BCUT2D eigenvalue weighted by atomic mass is 10.3. The molecule has 0 amide bonds. The van der Waals surface area contributed by atoms with Crippen LogP contribution in [-0.4, -0.2) is 9.64 Å². The third kappa shape index (κ3) is 2.29. The molecule has 0 radical (unpaired) electrons. The van der Waals surface area contributed by atoms with Crippen molar-refractivity contribution in [3.63, 3.8) is 0 Å². The van der Waals surface area contributed by atoms with Gasteiger partial charge in [-0.15, -0.1) is 11.7 Å². The number of hydrogen-bond donors (Lipinski definition) is 3. The second kappa shape index (κ2) is 4.31. The largest absolute Gasteiger partial charge is 0.464 e. The van der Waals surface area contributed by atoms with E-state index in [9.17, 15) is 4.55 Å². The Balaban J connectivity index is 2.42. The van der Waals surface area contributed by atoms with E-state index >= 15 is 0 Å². The van der Waals surface area contributed by atoms with Crippen LogP contribution in [0.3, 0.4) is 0 Å². The van der Waals surface area contributed by atoms with Gasteiger partial charge < -0.3 is 8.97 Å². The van der Waals surface area contributed by atoms with Gasteiger partial charge in [0.2, 0.25) is 0 Å². The Labute approximate surface area is 98.5 Å². The molecule has 1 aromatic heterocycles. The van der Waals surface area contributed by atoms with Crippen molar-refractivity contribution in [2.45, 2.75) is 4.90 Å². The van der Waals surface area contributed by atoms with Gasteiger partial charge in [-0.3, -0.25) is 5.14 Å². The average molecular weight is 261 g/mol. The van der Waals surface area contributed by atoms with Crippen LogP contribution >= 0.6 is 32.9 Å². The molecule has 0 bridgehead atoms. The number of hydrogen-bond acceptors (Lipinski definition) is 5. The molecule has 0 aliphatic rings. The van der Waals surface area contributed by atoms with E-state index in [2.05, 4.69) is 11.7 Å². The zero-order chi connectivity index (χ0) is 10.9. The highest BCUT2D eigenvalue weighted by Crippen LogP contribution is 2.48. The van der Waals surface area contributed by atoms with Crippen molar-refractivity contribution >= 4 is 43.9 Å². The minimum absolute atomic E-state index is 0.405. The lowest BCUT2D eigenvalue weighted by molar-refractivity contribution is 0.612. The summed E-state index contributed by atoms with van der Waals surface area (Å²) in [6, 6.07) is 7.38. The summed E-state index contributed by atoms with van der Waals surface area (Å²) in [5.74, 6) is 0. The van der Waals surface area contributed by atoms with Crippen LogP contribution in [0.25, 0.3) is 11.0 Å². The fourth-order valence-electron chi connectivity index (χ4n) is 1.30. The second-order valence-corrected chi connectivity index (χ2v) is 7.08. The first-order valence-corrected chi connectivity index (χ1v) is 8.04. The maximum absolute atomic E-state index is 10.0. The van der Waals surface area contributed by atoms with Gasteiger partial charge in [-0.05, 0) is 34.8 Å². The van der Waals surface area contributed by atoms with Crippen LogP contribution in [0.1, 0.15) is 0 Å². The molecule has 0 saturated heterocycles. The molecule has 2 aromatic rings. The summed E-state index contributed by atoms with van der Waals surface area (Å²) >= 11 is 4.00. The number of furan rings is 1. The third-order valence-electron chi connectivity index (χ3n) is 2.07. The fourth-order valence-corrected chi connectivity index (χ4v) is 4.55. The fraction of sp³-hybridized carbons (Fsp3) is 0.111. The van der Waals surface area contributed by atoms with Crippen molar-refractivity contribution < 1.29 is 8.97 Å². The first-order valence-electron chi connectivity index (χ1n) is 4.18. The van der Waals surface area contributed by atoms with Gasteiger partial charge in [0, 0.05) is 10.3 Å². The summed E-state index contributed by atoms with van der Waals surface area (Å²) in [5.41, 5.74) is 0.744. The zero-order valence-electron chi connectivity index (χ0n) is 7.79. The Morgan fingerprint density at radius 2 is 2.27 bits per heavy atom. The van der Waals surface area contributed by atoms with Crippen LogP contribution in [0.4, 0.5) is 0 Å². The highest BCUT2D eigenvalue weighted by Gasteiger charge is 2.18. The van der Waals surface area contributed by atoms with E-state index in [-0.39, 0.29) is 0 Å². The highest BCUT2D eigenvalue weighted by atomic mass is 33.1. The van der Waals surface area contributed by atoms with Gasteiger partial charge in [0.25, 0.3) is 0 Å². The first kappa shape index (κ1) is 11.2. The van der Waals surface area contributed by atoms with Crippen LogP contribution in [0.15, 0.2) is 39.8 Å². The summed E-state index contributed by atoms with van der Waals surface area (Å²) < 4.78 is 15.3. The first-order chi connectivity index (χ1) is 7.13. The summed E-state index contributed by atoms with van der Waals surface area (Å²) in [6.07, 6.45) is 1.62. The van der Waals surface area contributed by atoms with Gasteiger partial charge in [0.1, 0.15) is 5.58 Å². The van der Waals surface area contributed by atoms with E-state index in [1.807, 2.05) is 18.2 Å². The van der Waals surface area contributed by atoms with E-state index in [4.69, 9.17) is 9.56 Å². The standard InChI is InChI=1S/C9H11NO2S3/c10-15(11,6-14-13)8-2-1-7-3-4-12-9(7)5-8/h1-5,11,13H,6,10H2. The molecule has 6 heteroatoms. The minimum atomic E-state index is -2.25. The molecule has 0 fully saturated rings. The molecule has 2 rings (SSSR count). The molecule has 1 aromatic carbocycles. The summed E-state index contributed by atoms with van der Waals surface area (Å²) in [7, 11) is -1.02. The van der Waals surface area contributed by atoms with E-state index in [0.29, 0.717) is 9.98 Å². The van der Waals surface area contributed by atoms with Gasteiger partial charge in [-0.2, -0.15) is 0 Å². The minimum Gasteiger partial charge on any atom is -0.464 e. The lowest BCUT2D eigenvalue weighted by Gasteiger charge is -2.27. The zero-order valence-corrected chi connectivity index (χ0v) is 10.3. The van der Waals surface area contributed by atoms with Crippen molar-refractivity contribution in [3.8, 4) is 0 Å². The Kier molecular flexibility index (Phi) is 3.22. The molecule has 1 atom stereocenters. The van der Waals surface area contributed by atoms with Crippen molar-refractivity contribution in [1.29, 1.82) is 0 Å². The molecule has 15 heavy (non-hydrogen) atoms. The van der Waals surface area contributed by atoms with E-state index in [1.165, 1.54) is 10.8 Å². The highest BCUT2D eigenvalue weighted by molar-refractivity contribution is 8.71. The molecule has 3 N–H and O–H groups in total. The van der Waals surface area contributed by atoms with Crippen LogP contribution in [0.5, 0.6) is 0 Å². The molecule has 0 saturated carbocycles. The number of thiol groups is 1. The predicted octanol–water partition coefficient (Wildman–Crippen LogP) is 3.48. The van der Waals surface area contributed by atoms with Crippen molar-refractivity contribution in [2.24, 2.45) is 5.14 Å². The number of benzene rings is 1. The number of fused-ring (bicyclic) bond motifs is 1. The van der Waals surface area contributed by atoms with Crippen molar-refractivity contribution in [1.82, 2.24) is 0 Å². The molecule has 82 valence electrons. The quantitative estimate of drug-likeness (QED) is 0.585. The Morgan fingerprint density at radius 3 is 3.00 bits per heavy atom. The van der Waals surface area contributed by atoms with E-state index in [0.717, 1.165) is 11.0 Å². The molecule has 0 aliphatic heterocycles. The second-order valence-electron chi connectivity index (χ2n) is 3.12. The Bertz CT molecular complexity index is 469. The Morgan fingerprint density at radius 1 is 1.47 bits per heavy atom. The van der Waals surface area contributed by atoms with Crippen LogP contribution in [0, 0.1) is 0 Å². The van der Waals surface area contributed by atoms with Gasteiger partial charge in [0.05, 0.1) is 11.3 Å². The van der Waals surface area contributed by atoms with Gasteiger partial charge in [-0.1, -0.05) is 10.8 Å². The maximum Gasteiger partial charge on any atom is 0.135 e. The van der Waals surface area contributed by atoms with Crippen LogP contribution < -0.4 is 5.14 Å². The summed E-state index contributed by atoms with van der Waals surface area (Å²) in [4.78, 5) is 0.714. The van der Waals surface area contributed by atoms with Crippen LogP contribution in [-0.2, 0) is 0 Å². The molecule has 3 nitrogen and oxygen atoms in total. The predicted molar refractivity (Wildman–Crippen MR) is 70.3 cm³/mol. The van der Waals surface area contributed by atoms with Gasteiger partial charge >= 0.3 is 0 Å². The van der Waals surface area contributed by atoms with E-state index < -0.39 is 10.5 Å². The number of nitrogens with two attached hydrogens (primary N) is 1.